The van der Waals surface area contributed by atoms with Crippen molar-refractivity contribution in [1.29, 1.82) is 0 Å². The molecular weight excluding hydrogens is 374 g/mol. The number of rotatable bonds is 9. The summed E-state index contributed by atoms with van der Waals surface area (Å²) in [6, 6.07) is 4.83. The summed E-state index contributed by atoms with van der Waals surface area (Å²) in [7, 11) is 1.79. The zero-order chi connectivity index (χ0) is 21.6. The number of aryl methyl sites for hydroxylation is 2. The molecule has 0 fully saturated rings. The minimum Gasteiger partial charge on any atom is -0.490 e. The lowest BCUT2D eigenvalue weighted by atomic mass is 10.2. The molecule has 2 aromatic rings. The van der Waals surface area contributed by atoms with Gasteiger partial charge in [-0.3, -0.25) is 9.48 Å². The third kappa shape index (κ3) is 5.97. The van der Waals surface area contributed by atoms with Crippen LogP contribution in [0.4, 0.5) is 5.69 Å². The highest BCUT2D eigenvalue weighted by molar-refractivity contribution is 5.96. The van der Waals surface area contributed by atoms with Gasteiger partial charge in [-0.2, -0.15) is 5.10 Å². The van der Waals surface area contributed by atoms with E-state index in [1.54, 1.807) is 36.9 Å². The maximum Gasteiger partial charge on any atom is 0.338 e. The van der Waals surface area contributed by atoms with Gasteiger partial charge >= 0.3 is 5.97 Å². The molecule has 0 saturated carbocycles. The zero-order valence-corrected chi connectivity index (χ0v) is 17.9. The normalized spacial score (nSPS) is 10.7. The van der Waals surface area contributed by atoms with Crippen LogP contribution in [-0.2, 0) is 16.6 Å². The Hall–Kier alpha value is -3.03. The molecule has 158 valence electrons. The van der Waals surface area contributed by atoms with Gasteiger partial charge in [0.1, 0.15) is 0 Å². The molecule has 0 aliphatic rings. The van der Waals surface area contributed by atoms with Crippen LogP contribution < -0.4 is 14.8 Å². The van der Waals surface area contributed by atoms with Crippen LogP contribution in [0.1, 0.15) is 42.5 Å². The number of hydrogen-bond donors (Lipinski definition) is 1. The summed E-state index contributed by atoms with van der Waals surface area (Å²) in [4.78, 5) is 24.5. The molecule has 2 rings (SSSR count). The Kier molecular flexibility index (Phi) is 7.64. The smallest absolute Gasteiger partial charge is 0.338 e. The molecule has 1 aromatic carbocycles. The largest absolute Gasteiger partial charge is 0.490 e. The predicted octanol–water partition coefficient (Wildman–Crippen LogP) is 3.27. The van der Waals surface area contributed by atoms with Gasteiger partial charge < -0.3 is 19.5 Å². The number of carbonyl (C=O) groups is 2. The van der Waals surface area contributed by atoms with Gasteiger partial charge in [-0.25, -0.2) is 4.79 Å². The van der Waals surface area contributed by atoms with Crippen molar-refractivity contribution in [2.45, 2.75) is 34.6 Å². The number of benzene rings is 1. The number of esters is 1. The monoisotopic (exact) mass is 403 g/mol. The van der Waals surface area contributed by atoms with Gasteiger partial charge in [0.2, 0.25) is 0 Å². The summed E-state index contributed by atoms with van der Waals surface area (Å²) in [6.45, 7) is 10.2. The number of nitrogens with zero attached hydrogens (tertiary/aromatic N) is 2. The zero-order valence-electron chi connectivity index (χ0n) is 17.9. The van der Waals surface area contributed by atoms with E-state index >= 15 is 0 Å². The highest BCUT2D eigenvalue weighted by atomic mass is 16.5. The first-order chi connectivity index (χ1) is 13.7. The van der Waals surface area contributed by atoms with Crippen LogP contribution in [0.15, 0.2) is 18.2 Å². The third-order valence-corrected chi connectivity index (χ3v) is 4.16. The van der Waals surface area contributed by atoms with Crippen molar-refractivity contribution in [1.82, 2.24) is 9.78 Å². The molecule has 0 bridgehead atoms. The minimum absolute atomic E-state index is 0.284. The molecule has 0 aliphatic carbocycles. The van der Waals surface area contributed by atoms with Crippen LogP contribution in [0.2, 0.25) is 0 Å². The summed E-state index contributed by atoms with van der Waals surface area (Å²) in [5, 5.41) is 6.97. The molecule has 0 aliphatic heterocycles. The molecule has 8 heteroatoms. The molecule has 1 aromatic heterocycles. The van der Waals surface area contributed by atoms with Crippen molar-refractivity contribution in [2.24, 2.45) is 13.0 Å². The molecule has 29 heavy (non-hydrogen) atoms. The number of anilines is 1. The molecule has 0 spiro atoms. The van der Waals surface area contributed by atoms with E-state index in [0.717, 1.165) is 5.69 Å². The topological polar surface area (TPSA) is 91.7 Å². The Morgan fingerprint density at radius 2 is 1.90 bits per heavy atom. The average Bonchev–Trinajstić information content (AvgIpc) is 2.91. The first kappa shape index (κ1) is 22.3. The second-order valence-corrected chi connectivity index (χ2v) is 7.09. The van der Waals surface area contributed by atoms with Gasteiger partial charge in [-0.15, -0.1) is 0 Å². The van der Waals surface area contributed by atoms with Gasteiger partial charge in [-0.1, -0.05) is 13.8 Å². The van der Waals surface area contributed by atoms with Gasteiger partial charge in [-0.05, 0) is 44.9 Å². The predicted molar refractivity (Wildman–Crippen MR) is 110 cm³/mol. The fourth-order valence-electron chi connectivity index (χ4n) is 2.62. The second-order valence-electron chi connectivity index (χ2n) is 7.09. The molecule has 1 heterocycles. The molecule has 0 atom stereocenters. The molecular formula is C21H29N3O5. The van der Waals surface area contributed by atoms with Crippen LogP contribution in [0.25, 0.3) is 0 Å². The molecule has 0 saturated heterocycles. The van der Waals surface area contributed by atoms with Gasteiger partial charge in [0.05, 0.1) is 35.9 Å². The van der Waals surface area contributed by atoms with E-state index in [9.17, 15) is 9.59 Å². The Balaban J connectivity index is 2.00. The van der Waals surface area contributed by atoms with Crippen molar-refractivity contribution in [3.8, 4) is 11.5 Å². The maximum absolute atomic E-state index is 12.4. The van der Waals surface area contributed by atoms with Crippen LogP contribution in [-0.4, -0.2) is 41.5 Å². The Labute approximate surface area is 171 Å². The average molecular weight is 403 g/mol. The van der Waals surface area contributed by atoms with Crippen LogP contribution in [0.5, 0.6) is 11.5 Å². The fraction of sp³-hybridized carbons (Fsp3) is 0.476. The summed E-state index contributed by atoms with van der Waals surface area (Å²) in [6.07, 6.45) is 0. The van der Waals surface area contributed by atoms with E-state index in [2.05, 4.69) is 10.4 Å². The second kappa shape index (κ2) is 9.95. The van der Waals surface area contributed by atoms with E-state index < -0.39 is 18.5 Å². The number of ether oxygens (including phenoxy) is 3. The Morgan fingerprint density at radius 1 is 1.17 bits per heavy atom. The van der Waals surface area contributed by atoms with Gasteiger partial charge in [0, 0.05) is 7.05 Å². The van der Waals surface area contributed by atoms with E-state index in [4.69, 9.17) is 14.2 Å². The Bertz CT molecular complexity index is 873. The van der Waals surface area contributed by atoms with Crippen molar-refractivity contribution < 1.29 is 23.8 Å². The van der Waals surface area contributed by atoms with Crippen molar-refractivity contribution in [3.63, 3.8) is 0 Å². The highest BCUT2D eigenvalue weighted by Crippen LogP contribution is 2.29. The van der Waals surface area contributed by atoms with E-state index in [1.165, 1.54) is 0 Å². The Morgan fingerprint density at radius 3 is 2.48 bits per heavy atom. The summed E-state index contributed by atoms with van der Waals surface area (Å²) in [5.41, 5.74) is 2.43. The van der Waals surface area contributed by atoms with Crippen LogP contribution >= 0.6 is 0 Å². The van der Waals surface area contributed by atoms with Crippen molar-refractivity contribution in [3.05, 3.63) is 35.2 Å². The molecule has 8 nitrogen and oxygen atoms in total. The number of amides is 1. The molecule has 0 unspecified atom stereocenters. The number of hydrogen-bond acceptors (Lipinski definition) is 6. The lowest BCUT2D eigenvalue weighted by molar-refractivity contribution is -0.119. The van der Waals surface area contributed by atoms with Crippen LogP contribution in [0, 0.1) is 19.8 Å². The van der Waals surface area contributed by atoms with Crippen molar-refractivity contribution in [2.75, 3.05) is 25.1 Å². The standard InChI is InChI=1S/C21H29N3O5/c1-7-27-18-10-16(8-9-17(18)28-11-13(2)3)21(26)29-12-19(25)22-20-14(4)23-24(6)15(20)5/h8-10,13H,7,11-12H2,1-6H3,(H,22,25). The molecule has 1 N–H and O–H groups in total. The first-order valence-electron chi connectivity index (χ1n) is 9.59. The number of nitrogens with one attached hydrogen (secondary N) is 1. The summed E-state index contributed by atoms with van der Waals surface area (Å²) < 4.78 is 18.1. The van der Waals surface area contributed by atoms with Crippen molar-refractivity contribution >= 4 is 17.6 Å². The maximum atomic E-state index is 12.4. The van der Waals surface area contributed by atoms with E-state index in [1.807, 2.05) is 27.7 Å². The molecule has 1 amide bonds. The highest BCUT2D eigenvalue weighted by Gasteiger charge is 2.17. The summed E-state index contributed by atoms with van der Waals surface area (Å²) in [5.74, 6) is 0.348. The van der Waals surface area contributed by atoms with Gasteiger partial charge in [0.15, 0.2) is 18.1 Å². The molecule has 0 radical (unpaired) electrons. The van der Waals surface area contributed by atoms with E-state index in [-0.39, 0.29) is 5.56 Å². The number of aromatic nitrogens is 2. The first-order valence-corrected chi connectivity index (χ1v) is 9.59. The third-order valence-electron chi connectivity index (χ3n) is 4.16. The quantitative estimate of drug-likeness (QED) is 0.646. The fourth-order valence-corrected chi connectivity index (χ4v) is 2.62. The lowest BCUT2D eigenvalue weighted by Crippen LogP contribution is -2.21. The SMILES string of the molecule is CCOc1cc(C(=O)OCC(=O)Nc2c(C)nn(C)c2C)ccc1OCC(C)C. The lowest BCUT2D eigenvalue weighted by Gasteiger charge is -2.14. The van der Waals surface area contributed by atoms with E-state index in [0.29, 0.717) is 42.0 Å². The summed E-state index contributed by atoms with van der Waals surface area (Å²) >= 11 is 0. The minimum atomic E-state index is -0.615. The van der Waals surface area contributed by atoms with Gasteiger partial charge in [0.25, 0.3) is 5.91 Å². The van der Waals surface area contributed by atoms with Crippen LogP contribution in [0.3, 0.4) is 0 Å². The number of carbonyl (C=O) groups excluding carboxylic acids is 2.